The third-order valence-electron chi connectivity index (χ3n) is 3.12. The molecule has 20 heavy (non-hydrogen) atoms. The monoisotopic (exact) mass is 274 g/mol. The van der Waals surface area contributed by atoms with E-state index in [2.05, 4.69) is 5.16 Å². The lowest BCUT2D eigenvalue weighted by atomic mass is 10.1. The Morgan fingerprint density at radius 3 is 2.95 bits per heavy atom. The van der Waals surface area contributed by atoms with Crippen LogP contribution in [0.4, 0.5) is 4.79 Å². The molecule has 5 heteroatoms. The Labute approximate surface area is 118 Å². The third kappa shape index (κ3) is 4.12. The van der Waals surface area contributed by atoms with Crippen LogP contribution in [0.5, 0.6) is 0 Å². The van der Waals surface area contributed by atoms with Gasteiger partial charge in [-0.1, -0.05) is 41.6 Å². The topological polar surface area (TPSA) is 62.1 Å². The summed E-state index contributed by atoms with van der Waals surface area (Å²) in [6.07, 6.45) is 4.44. The summed E-state index contributed by atoms with van der Waals surface area (Å²) in [7, 11) is 0. The van der Waals surface area contributed by atoms with Crippen molar-refractivity contribution in [2.45, 2.75) is 12.8 Å². The summed E-state index contributed by atoms with van der Waals surface area (Å²) in [6.45, 7) is 1.42. The lowest BCUT2D eigenvalue weighted by Gasteiger charge is -2.25. The van der Waals surface area contributed by atoms with E-state index in [1.54, 1.807) is 4.90 Å². The average Bonchev–Trinajstić information content (AvgIpc) is 2.49. The molecule has 0 saturated heterocycles. The Kier molecular flexibility index (Phi) is 5.17. The molecule has 106 valence electrons. The number of amides is 1. The molecule has 0 unspecified atom stereocenters. The van der Waals surface area contributed by atoms with E-state index in [0.29, 0.717) is 26.1 Å². The van der Waals surface area contributed by atoms with Gasteiger partial charge in [0.2, 0.25) is 0 Å². The fourth-order valence-electron chi connectivity index (χ4n) is 2.09. The normalized spacial score (nSPS) is 15.2. The highest BCUT2D eigenvalue weighted by Crippen LogP contribution is 2.10. The minimum absolute atomic E-state index is 0.321. The van der Waals surface area contributed by atoms with Crippen LogP contribution in [0.15, 0.2) is 47.1 Å². The fourth-order valence-corrected chi connectivity index (χ4v) is 2.09. The van der Waals surface area contributed by atoms with Gasteiger partial charge in [0.25, 0.3) is 0 Å². The molecule has 0 bridgehead atoms. The highest BCUT2D eigenvalue weighted by atomic mass is 16.6. The second-order valence-electron chi connectivity index (χ2n) is 4.58. The number of carbonyl (C=O) groups is 1. The second-order valence-corrected chi connectivity index (χ2v) is 4.58. The summed E-state index contributed by atoms with van der Waals surface area (Å²) >= 11 is 0. The molecule has 1 aliphatic rings. The molecule has 1 heterocycles. The summed E-state index contributed by atoms with van der Waals surface area (Å²) in [5, 5.41) is 11.5. The van der Waals surface area contributed by atoms with Crippen LogP contribution in [0, 0.1) is 0 Å². The molecule has 1 aromatic rings. The molecule has 0 spiro atoms. The summed E-state index contributed by atoms with van der Waals surface area (Å²) in [6, 6.07) is 9.90. The van der Waals surface area contributed by atoms with Crippen LogP contribution in [-0.2, 0) is 11.2 Å². The Balaban J connectivity index is 1.76. The second kappa shape index (κ2) is 7.33. The highest BCUT2D eigenvalue weighted by molar-refractivity contribution is 5.80. The van der Waals surface area contributed by atoms with Crippen LogP contribution in [0.3, 0.4) is 0 Å². The van der Waals surface area contributed by atoms with Gasteiger partial charge in [-0.25, -0.2) is 4.79 Å². The molecule has 0 atom stereocenters. The van der Waals surface area contributed by atoms with Gasteiger partial charge in [0.05, 0.1) is 19.4 Å². The zero-order valence-corrected chi connectivity index (χ0v) is 11.2. The predicted octanol–water partition coefficient (Wildman–Crippen LogP) is 2.46. The first-order chi connectivity index (χ1) is 9.79. The molecule has 1 aliphatic heterocycles. The molecule has 5 nitrogen and oxygen atoms in total. The maximum Gasteiger partial charge on any atom is 0.410 e. The molecule has 0 saturated carbocycles. The highest BCUT2D eigenvalue weighted by Gasteiger charge is 2.18. The average molecular weight is 274 g/mol. The van der Waals surface area contributed by atoms with Crippen molar-refractivity contribution in [2.75, 3.05) is 19.7 Å². The van der Waals surface area contributed by atoms with Crippen LogP contribution in [-0.4, -0.2) is 42.1 Å². The van der Waals surface area contributed by atoms with Gasteiger partial charge in [-0.3, -0.25) is 0 Å². The van der Waals surface area contributed by atoms with E-state index in [0.717, 1.165) is 17.6 Å². The van der Waals surface area contributed by atoms with E-state index in [1.165, 1.54) is 6.21 Å². The number of rotatable bonds is 4. The van der Waals surface area contributed by atoms with Crippen LogP contribution in [0.1, 0.15) is 12.0 Å². The number of hydrogen-bond donors (Lipinski definition) is 1. The number of benzene rings is 1. The SMILES string of the molecule is O=C(OCCc1ccccc1)N1CCC=C(/C=N/O)C1. The molecule has 2 rings (SSSR count). The molecule has 1 N–H and O–H groups in total. The minimum atomic E-state index is -0.321. The molecule has 0 aliphatic carbocycles. The van der Waals surface area contributed by atoms with E-state index in [4.69, 9.17) is 9.94 Å². The van der Waals surface area contributed by atoms with Gasteiger partial charge in [0, 0.05) is 13.0 Å². The Morgan fingerprint density at radius 1 is 1.40 bits per heavy atom. The maximum atomic E-state index is 11.9. The predicted molar refractivity (Wildman–Crippen MR) is 76.0 cm³/mol. The van der Waals surface area contributed by atoms with Gasteiger partial charge in [0.15, 0.2) is 0 Å². The molecule has 1 aromatic carbocycles. The van der Waals surface area contributed by atoms with Crippen molar-refractivity contribution in [3.05, 3.63) is 47.5 Å². The molecular formula is C15H18N2O3. The van der Waals surface area contributed by atoms with Gasteiger partial charge >= 0.3 is 6.09 Å². The standard InChI is InChI=1S/C15H18N2O3/c18-15(17-9-4-7-14(12-17)11-16-19)20-10-8-13-5-2-1-3-6-13/h1-3,5-7,11,19H,4,8-10,12H2/b16-11+. The zero-order chi connectivity index (χ0) is 14.2. The summed E-state index contributed by atoms with van der Waals surface area (Å²) in [5.41, 5.74) is 1.96. The quantitative estimate of drug-likeness (QED) is 0.521. The smallest absolute Gasteiger partial charge is 0.410 e. The number of ether oxygens (including phenoxy) is 1. The van der Waals surface area contributed by atoms with E-state index < -0.39 is 0 Å². The van der Waals surface area contributed by atoms with Crippen LogP contribution < -0.4 is 0 Å². The lowest BCUT2D eigenvalue weighted by molar-refractivity contribution is 0.106. The summed E-state index contributed by atoms with van der Waals surface area (Å²) in [4.78, 5) is 13.5. The van der Waals surface area contributed by atoms with Crippen LogP contribution >= 0.6 is 0 Å². The maximum absolute atomic E-state index is 11.9. The van der Waals surface area contributed by atoms with E-state index >= 15 is 0 Å². The first kappa shape index (κ1) is 14.1. The number of nitrogens with zero attached hydrogens (tertiary/aromatic N) is 2. The molecule has 0 aromatic heterocycles. The van der Waals surface area contributed by atoms with Crippen molar-refractivity contribution in [1.29, 1.82) is 0 Å². The number of carbonyl (C=O) groups excluding carboxylic acids is 1. The van der Waals surface area contributed by atoms with Gasteiger partial charge in [0.1, 0.15) is 0 Å². The lowest BCUT2D eigenvalue weighted by Crippen LogP contribution is -2.36. The van der Waals surface area contributed by atoms with Crippen LogP contribution in [0.2, 0.25) is 0 Å². The number of hydrogen-bond acceptors (Lipinski definition) is 4. The van der Waals surface area contributed by atoms with Crippen LogP contribution in [0.25, 0.3) is 0 Å². The van der Waals surface area contributed by atoms with Crippen molar-refractivity contribution in [1.82, 2.24) is 4.90 Å². The van der Waals surface area contributed by atoms with Crippen molar-refractivity contribution in [3.8, 4) is 0 Å². The van der Waals surface area contributed by atoms with Gasteiger partial charge in [-0.15, -0.1) is 0 Å². The first-order valence-electron chi connectivity index (χ1n) is 6.61. The number of oxime groups is 1. The van der Waals surface area contributed by atoms with Crippen molar-refractivity contribution < 1.29 is 14.7 Å². The zero-order valence-electron chi connectivity index (χ0n) is 11.2. The molecular weight excluding hydrogens is 256 g/mol. The largest absolute Gasteiger partial charge is 0.449 e. The fraction of sp³-hybridized carbons (Fsp3) is 0.333. The van der Waals surface area contributed by atoms with E-state index in [-0.39, 0.29) is 6.09 Å². The van der Waals surface area contributed by atoms with Crippen molar-refractivity contribution >= 4 is 12.3 Å². The third-order valence-corrected chi connectivity index (χ3v) is 3.12. The van der Waals surface area contributed by atoms with E-state index in [1.807, 2.05) is 36.4 Å². The molecule has 0 fully saturated rings. The summed E-state index contributed by atoms with van der Waals surface area (Å²) < 4.78 is 5.26. The molecule has 1 amide bonds. The molecule has 0 radical (unpaired) electrons. The minimum Gasteiger partial charge on any atom is -0.449 e. The van der Waals surface area contributed by atoms with Gasteiger partial charge in [-0.2, -0.15) is 0 Å². The van der Waals surface area contributed by atoms with Gasteiger partial charge in [-0.05, 0) is 17.6 Å². The Hall–Kier alpha value is -2.30. The summed E-state index contributed by atoms with van der Waals surface area (Å²) in [5.74, 6) is 0. The van der Waals surface area contributed by atoms with Gasteiger partial charge < -0.3 is 14.8 Å². The van der Waals surface area contributed by atoms with Crippen molar-refractivity contribution in [2.24, 2.45) is 5.16 Å². The van der Waals surface area contributed by atoms with E-state index in [9.17, 15) is 4.79 Å². The first-order valence-corrected chi connectivity index (χ1v) is 6.61. The Bertz CT molecular complexity index is 497. The Morgan fingerprint density at radius 2 is 2.20 bits per heavy atom. The van der Waals surface area contributed by atoms with Crippen molar-refractivity contribution in [3.63, 3.8) is 0 Å².